The van der Waals surface area contributed by atoms with E-state index in [2.05, 4.69) is 31.1 Å². The normalized spacial score (nSPS) is 10.9. The molecule has 2 aromatic heterocycles. The van der Waals surface area contributed by atoms with E-state index in [0.717, 1.165) is 16.6 Å². The molecule has 0 unspecified atom stereocenters. The van der Waals surface area contributed by atoms with Gasteiger partial charge in [-0.15, -0.1) is 0 Å². The van der Waals surface area contributed by atoms with E-state index in [0.29, 0.717) is 27.8 Å². The molecule has 2 amide bonds. The van der Waals surface area contributed by atoms with Crippen molar-refractivity contribution in [2.45, 2.75) is 0 Å². The summed E-state index contributed by atoms with van der Waals surface area (Å²) >= 11 is 6.30. The Hall–Kier alpha value is -3.95. The highest BCUT2D eigenvalue weighted by molar-refractivity contribution is 6.34. The summed E-state index contributed by atoms with van der Waals surface area (Å²) in [7, 11) is 3.58. The predicted molar refractivity (Wildman–Crippen MR) is 130 cm³/mol. The van der Waals surface area contributed by atoms with Crippen molar-refractivity contribution in [2.24, 2.45) is 0 Å². The Balaban J connectivity index is 1.57. The summed E-state index contributed by atoms with van der Waals surface area (Å²) in [5.41, 5.74) is 2.65. The van der Waals surface area contributed by atoms with Crippen molar-refractivity contribution < 1.29 is 9.59 Å². The summed E-state index contributed by atoms with van der Waals surface area (Å²) in [5.74, 6) is -0.269. The van der Waals surface area contributed by atoms with Gasteiger partial charge in [0, 0.05) is 17.3 Å². The molecule has 0 aliphatic carbocycles. The zero-order chi connectivity index (χ0) is 23.4. The van der Waals surface area contributed by atoms with Crippen molar-refractivity contribution in [1.29, 1.82) is 0 Å². The van der Waals surface area contributed by atoms with Crippen LogP contribution < -0.4 is 16.0 Å². The van der Waals surface area contributed by atoms with Gasteiger partial charge < -0.3 is 20.9 Å². The van der Waals surface area contributed by atoms with Crippen molar-refractivity contribution in [3.63, 3.8) is 0 Å². The first-order valence-corrected chi connectivity index (χ1v) is 10.5. The van der Waals surface area contributed by atoms with Gasteiger partial charge in [-0.1, -0.05) is 17.7 Å². The standard InChI is InChI=1S/C23H22ClN7O2/c1-31(2)13-20(32)29-21-17(24)6-3-7-18(21)28-23(33)16-5-4-10-25-22(16)27-15-9-8-14-12-26-30-19(14)11-15/h3-12H,13H2,1-2H3,(H,25,27)(H,26,30)(H,28,33)(H,29,32). The fraction of sp³-hybridized carbons (Fsp3) is 0.130. The largest absolute Gasteiger partial charge is 0.340 e. The summed E-state index contributed by atoms with van der Waals surface area (Å²) in [5, 5.41) is 17.0. The lowest BCUT2D eigenvalue weighted by molar-refractivity contribution is -0.116. The number of aromatic nitrogens is 3. The van der Waals surface area contributed by atoms with E-state index in [1.165, 1.54) is 0 Å². The minimum absolute atomic E-state index is 0.177. The number of hydrogen-bond acceptors (Lipinski definition) is 6. The molecule has 4 rings (SSSR count). The number of carbonyl (C=O) groups is 2. The average Bonchev–Trinajstić information content (AvgIpc) is 3.24. The molecule has 2 heterocycles. The molecule has 0 fully saturated rings. The SMILES string of the molecule is CN(C)CC(=O)Nc1c(Cl)cccc1NC(=O)c1cccnc1Nc1ccc2cn[nH]c2c1. The van der Waals surface area contributed by atoms with Crippen LogP contribution in [0.5, 0.6) is 0 Å². The number of para-hydroxylation sites is 1. The summed E-state index contributed by atoms with van der Waals surface area (Å²) in [6.45, 7) is 0.177. The quantitative estimate of drug-likeness (QED) is 0.328. The number of nitrogens with zero attached hydrogens (tertiary/aromatic N) is 3. The molecular weight excluding hydrogens is 442 g/mol. The highest BCUT2D eigenvalue weighted by Gasteiger charge is 2.17. The molecule has 0 bridgehead atoms. The van der Waals surface area contributed by atoms with Gasteiger partial charge in [-0.2, -0.15) is 5.10 Å². The van der Waals surface area contributed by atoms with E-state index in [1.54, 1.807) is 61.7 Å². The summed E-state index contributed by atoms with van der Waals surface area (Å²) in [6.07, 6.45) is 3.33. The van der Waals surface area contributed by atoms with Gasteiger partial charge in [0.1, 0.15) is 5.82 Å². The van der Waals surface area contributed by atoms with Gasteiger partial charge in [-0.25, -0.2) is 4.98 Å². The second kappa shape index (κ2) is 9.68. The maximum Gasteiger partial charge on any atom is 0.259 e. The monoisotopic (exact) mass is 463 g/mol. The van der Waals surface area contributed by atoms with E-state index >= 15 is 0 Å². The molecule has 33 heavy (non-hydrogen) atoms. The molecule has 4 aromatic rings. The minimum Gasteiger partial charge on any atom is -0.340 e. The number of anilines is 4. The number of nitrogens with one attached hydrogen (secondary N) is 4. The lowest BCUT2D eigenvalue weighted by Crippen LogP contribution is -2.27. The van der Waals surface area contributed by atoms with E-state index in [9.17, 15) is 9.59 Å². The van der Waals surface area contributed by atoms with E-state index in [1.807, 2.05) is 18.2 Å². The van der Waals surface area contributed by atoms with Gasteiger partial charge in [-0.3, -0.25) is 14.7 Å². The van der Waals surface area contributed by atoms with Gasteiger partial charge in [-0.05, 0) is 56.6 Å². The van der Waals surface area contributed by atoms with Gasteiger partial charge in [0.2, 0.25) is 5.91 Å². The number of likely N-dealkylation sites (N-methyl/N-ethyl adjacent to an activating group) is 1. The molecule has 0 aliphatic rings. The molecule has 0 radical (unpaired) electrons. The maximum absolute atomic E-state index is 13.2. The number of halogens is 1. The van der Waals surface area contributed by atoms with Crippen LogP contribution in [-0.4, -0.2) is 52.5 Å². The first-order chi connectivity index (χ1) is 15.9. The third kappa shape index (κ3) is 5.28. The second-order valence-electron chi connectivity index (χ2n) is 7.60. The number of rotatable bonds is 7. The van der Waals surface area contributed by atoms with E-state index in [-0.39, 0.29) is 12.5 Å². The molecule has 0 spiro atoms. The first-order valence-electron chi connectivity index (χ1n) is 10.1. The Morgan fingerprint density at radius 1 is 1.09 bits per heavy atom. The maximum atomic E-state index is 13.2. The fourth-order valence-corrected chi connectivity index (χ4v) is 3.47. The van der Waals surface area contributed by atoms with Crippen LogP contribution in [-0.2, 0) is 4.79 Å². The van der Waals surface area contributed by atoms with Crippen LogP contribution in [0.1, 0.15) is 10.4 Å². The average molecular weight is 464 g/mol. The summed E-state index contributed by atoms with van der Waals surface area (Å²) in [6, 6.07) is 14.0. The van der Waals surface area contributed by atoms with Crippen LogP contribution in [0.25, 0.3) is 10.9 Å². The lowest BCUT2D eigenvalue weighted by atomic mass is 10.2. The molecule has 0 saturated heterocycles. The number of benzene rings is 2. The van der Waals surface area contributed by atoms with Gasteiger partial charge in [0.25, 0.3) is 5.91 Å². The third-order valence-electron chi connectivity index (χ3n) is 4.74. The molecule has 0 saturated carbocycles. The topological polar surface area (TPSA) is 115 Å². The zero-order valence-electron chi connectivity index (χ0n) is 18.0. The summed E-state index contributed by atoms with van der Waals surface area (Å²) in [4.78, 5) is 31.5. The molecule has 10 heteroatoms. The Morgan fingerprint density at radius 3 is 2.76 bits per heavy atom. The molecule has 0 atom stereocenters. The Labute approximate surface area is 195 Å². The Kier molecular flexibility index (Phi) is 6.53. The molecule has 0 aliphatic heterocycles. The van der Waals surface area contributed by atoms with Gasteiger partial charge in [0.15, 0.2) is 0 Å². The van der Waals surface area contributed by atoms with Crippen molar-refractivity contribution in [2.75, 3.05) is 36.6 Å². The van der Waals surface area contributed by atoms with Crippen molar-refractivity contribution in [3.05, 3.63) is 71.5 Å². The van der Waals surface area contributed by atoms with Crippen LogP contribution in [0.3, 0.4) is 0 Å². The molecule has 4 N–H and O–H groups in total. The Morgan fingerprint density at radius 2 is 1.94 bits per heavy atom. The van der Waals surface area contributed by atoms with Crippen molar-refractivity contribution in [1.82, 2.24) is 20.1 Å². The highest BCUT2D eigenvalue weighted by Crippen LogP contribution is 2.31. The third-order valence-corrected chi connectivity index (χ3v) is 5.06. The second-order valence-corrected chi connectivity index (χ2v) is 8.01. The number of H-pyrrole nitrogens is 1. The van der Waals surface area contributed by atoms with Crippen LogP contribution in [0.15, 0.2) is 60.9 Å². The number of carbonyl (C=O) groups excluding carboxylic acids is 2. The number of hydrogen-bond donors (Lipinski definition) is 4. The number of fused-ring (bicyclic) bond motifs is 1. The van der Waals surface area contributed by atoms with Crippen LogP contribution >= 0.6 is 11.6 Å². The highest BCUT2D eigenvalue weighted by atomic mass is 35.5. The number of pyridine rings is 1. The van der Waals surface area contributed by atoms with Crippen LogP contribution in [0, 0.1) is 0 Å². The number of aromatic amines is 1. The van der Waals surface area contributed by atoms with E-state index < -0.39 is 5.91 Å². The number of amides is 2. The van der Waals surface area contributed by atoms with Gasteiger partial charge in [0.05, 0.1) is 40.2 Å². The predicted octanol–water partition coefficient (Wildman–Crippen LogP) is 4.11. The zero-order valence-corrected chi connectivity index (χ0v) is 18.8. The lowest BCUT2D eigenvalue weighted by Gasteiger charge is -2.16. The first kappa shape index (κ1) is 22.3. The Bertz CT molecular complexity index is 1320. The van der Waals surface area contributed by atoms with E-state index in [4.69, 9.17) is 11.6 Å². The molecule has 9 nitrogen and oxygen atoms in total. The fourth-order valence-electron chi connectivity index (χ4n) is 3.25. The molecule has 168 valence electrons. The molecule has 2 aromatic carbocycles. The van der Waals surface area contributed by atoms with Gasteiger partial charge >= 0.3 is 0 Å². The van der Waals surface area contributed by atoms with Crippen LogP contribution in [0.4, 0.5) is 22.9 Å². The van der Waals surface area contributed by atoms with Crippen molar-refractivity contribution >= 4 is 57.2 Å². The summed E-state index contributed by atoms with van der Waals surface area (Å²) < 4.78 is 0. The smallest absolute Gasteiger partial charge is 0.259 e. The van der Waals surface area contributed by atoms with Crippen molar-refractivity contribution in [3.8, 4) is 0 Å². The minimum atomic E-state index is -0.404. The molecular formula is C23H22ClN7O2. The van der Waals surface area contributed by atoms with Crippen LogP contribution in [0.2, 0.25) is 5.02 Å².